The van der Waals surface area contributed by atoms with Gasteiger partial charge in [0.25, 0.3) is 0 Å². The van der Waals surface area contributed by atoms with Crippen molar-refractivity contribution in [3.63, 3.8) is 0 Å². The third-order valence-corrected chi connectivity index (χ3v) is 18.5. The number of ether oxygens (including phenoxy) is 1. The number of benzene rings is 9. The number of pyridine rings is 1. The Hall–Kier alpha value is -8.41. The predicted octanol–water partition coefficient (Wildman–Crippen LogP) is 20.2. The van der Waals surface area contributed by atoms with Crippen LogP contribution in [0.15, 0.2) is 237 Å². The zero-order valence-electron chi connectivity index (χ0n) is 58.2. The maximum absolute atomic E-state index is 9.86. The first-order valence-corrected chi connectivity index (χ1v) is 34.1. The summed E-state index contributed by atoms with van der Waals surface area (Å²) in [6.45, 7) is 12.6. The molecule has 0 saturated heterocycles. The van der Waals surface area contributed by atoms with Crippen molar-refractivity contribution in [1.29, 1.82) is 0 Å². The van der Waals surface area contributed by atoms with Gasteiger partial charge in [0.05, 0.1) is 36.6 Å². The van der Waals surface area contributed by atoms with Gasteiger partial charge in [0, 0.05) is 156 Å². The monoisotopic (exact) mass is 2060 g/mol. The maximum Gasteiger partial charge on any atom is 0.130 e. The Morgan fingerprint density at radius 2 is 1.24 bits per heavy atom. The fourth-order valence-corrected chi connectivity index (χ4v) is 13.5. The normalized spacial score (nSPS) is 12.2. The van der Waals surface area contributed by atoms with Crippen LogP contribution in [0.25, 0.3) is 101 Å². The van der Waals surface area contributed by atoms with Crippen molar-refractivity contribution < 1.29 is 90.3 Å². The fraction of sp³-hybridized carbons (Fsp3) is 0.207. The molecule has 0 bridgehead atoms. The van der Waals surface area contributed by atoms with Crippen molar-refractivity contribution in [2.24, 2.45) is 0 Å². The number of fused-ring (bicyclic) bond motifs is 2. The van der Waals surface area contributed by atoms with Crippen LogP contribution in [0.1, 0.15) is 104 Å². The first kappa shape index (κ1) is 77.7. The Bertz CT molecular complexity index is 5000. The number of rotatable bonds is 13. The molecular formula is C87H81Ir4N9O2-4. The van der Waals surface area contributed by atoms with Crippen LogP contribution in [-0.4, -0.2) is 55.9 Å². The molecule has 0 amide bonds. The van der Waals surface area contributed by atoms with Gasteiger partial charge in [-0.05, 0) is 160 Å². The quantitative estimate of drug-likeness (QED) is 0.114. The molecule has 0 atom stereocenters. The summed E-state index contributed by atoms with van der Waals surface area (Å²) in [5.74, 6) is 2.88. The van der Waals surface area contributed by atoms with Crippen LogP contribution in [0.3, 0.4) is 0 Å². The average Bonchev–Trinajstić information content (AvgIpc) is 1.61. The molecule has 5 heterocycles. The van der Waals surface area contributed by atoms with Gasteiger partial charge in [0.15, 0.2) is 0 Å². The fourth-order valence-electron chi connectivity index (χ4n) is 13.5. The molecule has 11 nitrogen and oxygen atoms in total. The van der Waals surface area contributed by atoms with Crippen molar-refractivity contribution in [2.45, 2.75) is 112 Å². The SMILES string of the molecule is CC(C)n1cc(-c2cccc3c2CCC3)nc1-c1[c-]cccc1.COc1c[c-]c(-n2ccc(-c3cnc(C)cc3C)n2)cc1.Cc1cccc(-n2nc(-c3[c-]cccc3)c(-c3ccccc3CO)c2C)c1.[Ir].[Ir].[Ir].[Ir].[c-]1ccccc1-c1cn(C2CCCCC2)c(-c2cccc3ccccc23)n1. The summed E-state index contributed by atoms with van der Waals surface area (Å²) in [5.41, 5.74) is 22.7. The first-order valence-electron chi connectivity index (χ1n) is 34.1. The van der Waals surface area contributed by atoms with Crippen LogP contribution in [0, 0.1) is 52.0 Å². The van der Waals surface area contributed by atoms with E-state index in [1.807, 2.05) is 127 Å². The molecule has 4 radical (unpaired) electrons. The summed E-state index contributed by atoms with van der Waals surface area (Å²) in [7, 11) is 1.64. The zero-order chi connectivity index (χ0) is 67.5. The second kappa shape index (κ2) is 36.6. The third-order valence-electron chi connectivity index (χ3n) is 18.5. The second-order valence-corrected chi connectivity index (χ2v) is 25.5. The Balaban J connectivity index is 0.000000157. The molecule has 1 fully saturated rings. The number of methoxy groups -OCH3 is 1. The summed E-state index contributed by atoms with van der Waals surface area (Å²) >= 11 is 0. The molecule has 0 spiro atoms. The molecular weight excluding hydrogens is 1970 g/mol. The Morgan fingerprint density at radius 3 is 1.93 bits per heavy atom. The number of nitrogens with zero attached hydrogens (tertiary/aromatic N) is 9. The van der Waals surface area contributed by atoms with Crippen LogP contribution < -0.4 is 4.74 Å². The molecule has 2 aliphatic carbocycles. The van der Waals surface area contributed by atoms with Crippen LogP contribution in [0.4, 0.5) is 0 Å². The van der Waals surface area contributed by atoms with Crippen molar-refractivity contribution >= 4 is 10.8 Å². The summed E-state index contributed by atoms with van der Waals surface area (Å²) in [6, 6.07) is 85.8. The number of aryl methyl sites for hydroxylation is 4. The number of hydrogen-bond donors (Lipinski definition) is 1. The summed E-state index contributed by atoms with van der Waals surface area (Å²) in [4.78, 5) is 14.4. The molecule has 2 aliphatic rings. The van der Waals surface area contributed by atoms with E-state index in [1.165, 1.54) is 95.5 Å². The number of aliphatic hydroxyl groups excluding tert-OH is 1. The smallest absolute Gasteiger partial charge is 0.130 e. The maximum atomic E-state index is 9.86. The van der Waals surface area contributed by atoms with Gasteiger partial charge in [-0.2, -0.15) is 11.2 Å². The Morgan fingerprint density at radius 1 is 0.569 bits per heavy atom. The van der Waals surface area contributed by atoms with E-state index in [-0.39, 0.29) is 87.0 Å². The molecule has 5 aromatic heterocycles. The van der Waals surface area contributed by atoms with Crippen LogP contribution in [0.2, 0.25) is 0 Å². The van der Waals surface area contributed by atoms with Gasteiger partial charge in [-0.3, -0.25) is 19.6 Å². The molecule has 1 saturated carbocycles. The average molecular weight is 2050 g/mol. The molecule has 16 rings (SSSR count). The van der Waals surface area contributed by atoms with Crippen molar-refractivity contribution in [1.82, 2.24) is 43.6 Å². The minimum absolute atomic E-state index is 0. The molecule has 526 valence electrons. The molecule has 15 heteroatoms. The Kier molecular flexibility index (Phi) is 27.9. The van der Waals surface area contributed by atoms with E-state index in [0.29, 0.717) is 12.1 Å². The van der Waals surface area contributed by atoms with Gasteiger partial charge in [0.2, 0.25) is 0 Å². The van der Waals surface area contributed by atoms with Crippen molar-refractivity contribution in [3.8, 4) is 96.1 Å². The van der Waals surface area contributed by atoms with Crippen LogP contribution in [0.5, 0.6) is 5.75 Å². The predicted molar refractivity (Wildman–Crippen MR) is 396 cm³/mol. The number of hydrogen-bond acceptors (Lipinski definition) is 7. The van der Waals surface area contributed by atoms with E-state index in [9.17, 15) is 5.11 Å². The standard InChI is InChI=1S/C25H23N2.C24H21N2O.C21H21N2.C17H16N3O.4Ir/c1-3-11-20(12-4-1)24-18-27(21-14-5-2-6-15-21)25(26-24)23-17-9-13-19-10-7-8-16-22(19)23;1-17-9-8-13-21(15-17)26-18(2)23(22-14-7-6-12-20(22)16-27)24(25-26)19-10-4-3-5-11-19;1-15(2)23-14-20(22-21(23)17-8-4-3-5-9-17)19-13-7-11-16-10-6-12-18(16)19;1-12-10-13(2)18-11-16(12)17-8-9-20(19-17)14-4-6-15(21-3)7-5-14;;;;/h1,3-4,7-11,13,16-18,21H,2,5-6,14-15H2;3-10,12-15,27H,16H2,1-2H3;3-5,7-8,11,13-15H,6,10,12H2,1-2H3;4,6-11H,1-3H3;;;;/q4*-1;;;;. The number of imidazole rings is 2. The van der Waals surface area contributed by atoms with Crippen LogP contribution >= 0.6 is 0 Å². The topological polar surface area (TPSA) is 114 Å². The largest absolute Gasteiger partial charge is 0.554 e. The van der Waals surface area contributed by atoms with Crippen molar-refractivity contribution in [3.05, 3.63) is 301 Å². The van der Waals surface area contributed by atoms with Gasteiger partial charge < -0.3 is 19.0 Å². The van der Waals surface area contributed by atoms with E-state index in [0.717, 1.165) is 102 Å². The summed E-state index contributed by atoms with van der Waals surface area (Å²) < 4.78 is 13.6. The van der Waals surface area contributed by atoms with E-state index < -0.39 is 0 Å². The van der Waals surface area contributed by atoms with Gasteiger partial charge >= 0.3 is 0 Å². The molecule has 102 heavy (non-hydrogen) atoms. The molecule has 0 aliphatic heterocycles. The van der Waals surface area contributed by atoms with Gasteiger partial charge in [-0.15, -0.1) is 126 Å². The summed E-state index contributed by atoms with van der Waals surface area (Å²) in [5, 5.41) is 21.9. The first-order chi connectivity index (χ1) is 48.0. The van der Waals surface area contributed by atoms with E-state index in [4.69, 9.17) is 19.8 Å². The third kappa shape index (κ3) is 17.8. The number of aliphatic hydroxyl groups is 1. The van der Waals surface area contributed by atoms with Gasteiger partial charge in [-0.25, -0.2) is 9.78 Å². The molecule has 14 aromatic rings. The molecule has 0 unspecified atom stereocenters. The molecule has 9 aromatic carbocycles. The number of aromatic nitrogens is 9. The minimum Gasteiger partial charge on any atom is -0.554 e. The van der Waals surface area contributed by atoms with Gasteiger partial charge in [-0.1, -0.05) is 116 Å². The molecule has 1 N–H and O–H groups in total. The van der Waals surface area contributed by atoms with E-state index in [1.54, 1.807) is 17.9 Å². The van der Waals surface area contributed by atoms with E-state index in [2.05, 4.69) is 194 Å². The van der Waals surface area contributed by atoms with Gasteiger partial charge in [0.1, 0.15) is 5.82 Å². The zero-order valence-corrected chi connectivity index (χ0v) is 67.8. The van der Waals surface area contributed by atoms with Crippen molar-refractivity contribution in [2.75, 3.05) is 7.11 Å². The van der Waals surface area contributed by atoms with E-state index >= 15 is 0 Å². The van der Waals surface area contributed by atoms with Crippen LogP contribution in [-0.2, 0) is 99.9 Å². The summed E-state index contributed by atoms with van der Waals surface area (Å²) in [6.07, 6.45) is 18.3. The minimum atomic E-state index is -0.0107. The Labute approximate surface area is 654 Å². The second-order valence-electron chi connectivity index (χ2n) is 25.5.